The van der Waals surface area contributed by atoms with E-state index in [4.69, 9.17) is 0 Å². The molecule has 0 radical (unpaired) electrons. The number of hydrogen-bond donors (Lipinski definition) is 0. The van der Waals surface area contributed by atoms with Gasteiger partial charge in [0.1, 0.15) is 0 Å². The monoisotopic (exact) mass is 458 g/mol. The van der Waals surface area contributed by atoms with E-state index in [2.05, 4.69) is 69.3 Å². The molecule has 4 rings (SSSR count). The summed E-state index contributed by atoms with van der Waals surface area (Å²) >= 11 is 0. The Morgan fingerprint density at radius 3 is 1.53 bits per heavy atom. The number of unbranched alkanes of at least 4 members (excludes halogenated alkanes) is 2. The van der Waals surface area contributed by atoms with Gasteiger partial charge >= 0.3 is 0 Å². The molecule has 0 spiro atoms. The molecule has 0 N–H and O–H groups in total. The Labute approximate surface area is 211 Å². The zero-order valence-electron chi connectivity index (χ0n) is 22.4. The van der Waals surface area contributed by atoms with E-state index < -0.39 is 0 Å². The molecule has 0 aromatic heterocycles. The standard InChI is InChI=1S/C34H50/c1-4-6-7-8-27-9-13-29(14-10-27)31-17-21-33(22-18-31)34-23-19-32(20-24-34)30-15-11-28(12-16-30)25-26(3)5-2/h17-24,26-30H,4-16,25H2,1-3H3. The van der Waals surface area contributed by atoms with E-state index in [0.717, 1.165) is 29.6 Å². The molecule has 2 aromatic carbocycles. The van der Waals surface area contributed by atoms with Crippen LogP contribution in [0.1, 0.15) is 134 Å². The topological polar surface area (TPSA) is 0 Å². The van der Waals surface area contributed by atoms with Gasteiger partial charge in [-0.2, -0.15) is 0 Å². The van der Waals surface area contributed by atoms with Crippen molar-refractivity contribution >= 4 is 0 Å². The van der Waals surface area contributed by atoms with Crippen molar-refractivity contribution in [2.45, 2.75) is 122 Å². The maximum atomic E-state index is 2.43. The molecule has 0 nitrogen and oxygen atoms in total. The summed E-state index contributed by atoms with van der Waals surface area (Å²) in [5.74, 6) is 4.43. The van der Waals surface area contributed by atoms with Crippen molar-refractivity contribution in [1.82, 2.24) is 0 Å². The first-order chi connectivity index (χ1) is 16.7. The van der Waals surface area contributed by atoms with Crippen molar-refractivity contribution in [2.75, 3.05) is 0 Å². The van der Waals surface area contributed by atoms with E-state index in [0.29, 0.717) is 0 Å². The fourth-order valence-corrected chi connectivity index (χ4v) is 6.83. The second-order valence-corrected chi connectivity index (χ2v) is 11.9. The maximum Gasteiger partial charge on any atom is -0.0162 e. The van der Waals surface area contributed by atoms with Crippen molar-refractivity contribution in [2.24, 2.45) is 17.8 Å². The fourth-order valence-electron chi connectivity index (χ4n) is 6.83. The number of hydrogen-bond acceptors (Lipinski definition) is 0. The predicted molar refractivity (Wildman–Crippen MR) is 149 cm³/mol. The summed E-state index contributed by atoms with van der Waals surface area (Å²) in [6.07, 6.45) is 19.8. The van der Waals surface area contributed by atoms with Gasteiger partial charge in [0.25, 0.3) is 0 Å². The van der Waals surface area contributed by atoms with Crippen LogP contribution in [0.2, 0.25) is 0 Å². The lowest BCUT2D eigenvalue weighted by atomic mass is 9.75. The van der Waals surface area contributed by atoms with Gasteiger partial charge in [-0.15, -0.1) is 0 Å². The van der Waals surface area contributed by atoms with Crippen LogP contribution in [0.15, 0.2) is 48.5 Å². The van der Waals surface area contributed by atoms with Crippen molar-refractivity contribution in [3.63, 3.8) is 0 Å². The highest BCUT2D eigenvalue weighted by atomic mass is 14.3. The van der Waals surface area contributed by atoms with Crippen LogP contribution in [-0.2, 0) is 0 Å². The average molecular weight is 459 g/mol. The van der Waals surface area contributed by atoms with Gasteiger partial charge in [-0.05, 0) is 110 Å². The van der Waals surface area contributed by atoms with Gasteiger partial charge in [0.05, 0.1) is 0 Å². The van der Waals surface area contributed by atoms with Gasteiger partial charge in [0.2, 0.25) is 0 Å². The van der Waals surface area contributed by atoms with Crippen LogP contribution in [0.5, 0.6) is 0 Å². The summed E-state index contributed by atoms with van der Waals surface area (Å²) in [7, 11) is 0. The Kier molecular flexibility index (Phi) is 9.72. The lowest BCUT2D eigenvalue weighted by Crippen LogP contribution is -2.15. The molecule has 2 fully saturated rings. The van der Waals surface area contributed by atoms with Crippen LogP contribution in [-0.4, -0.2) is 0 Å². The Bertz CT molecular complexity index is 813. The third kappa shape index (κ3) is 6.99. The van der Waals surface area contributed by atoms with Crippen LogP contribution < -0.4 is 0 Å². The van der Waals surface area contributed by atoms with E-state index in [1.807, 2.05) is 0 Å². The SMILES string of the molecule is CCCCCC1CCC(c2ccc(-c3ccc(C4CCC(CC(C)CC)CC4)cc3)cc2)CC1. The van der Waals surface area contributed by atoms with Gasteiger partial charge in [0, 0.05) is 0 Å². The Morgan fingerprint density at radius 1 is 0.618 bits per heavy atom. The molecule has 0 heterocycles. The van der Waals surface area contributed by atoms with Gasteiger partial charge in [0.15, 0.2) is 0 Å². The van der Waals surface area contributed by atoms with Crippen LogP contribution in [0.25, 0.3) is 11.1 Å². The minimum Gasteiger partial charge on any atom is -0.0654 e. The largest absolute Gasteiger partial charge is 0.0654 e. The average Bonchev–Trinajstić information content (AvgIpc) is 2.90. The van der Waals surface area contributed by atoms with Crippen LogP contribution in [0, 0.1) is 17.8 Å². The Hall–Kier alpha value is -1.56. The molecule has 0 saturated heterocycles. The summed E-state index contributed by atoms with van der Waals surface area (Å²) in [5, 5.41) is 0. The lowest BCUT2D eigenvalue weighted by Gasteiger charge is -2.30. The highest BCUT2D eigenvalue weighted by Crippen LogP contribution is 2.40. The normalized spacial score (nSPS) is 26.3. The highest BCUT2D eigenvalue weighted by Gasteiger charge is 2.24. The number of rotatable bonds is 10. The first-order valence-electron chi connectivity index (χ1n) is 14.9. The molecule has 0 aliphatic heterocycles. The molecule has 2 aliphatic carbocycles. The van der Waals surface area contributed by atoms with Crippen molar-refractivity contribution < 1.29 is 0 Å². The second kappa shape index (κ2) is 12.9. The molecule has 0 bridgehead atoms. The van der Waals surface area contributed by atoms with Crippen molar-refractivity contribution in [1.29, 1.82) is 0 Å². The van der Waals surface area contributed by atoms with Crippen molar-refractivity contribution in [3.8, 4) is 11.1 Å². The van der Waals surface area contributed by atoms with Gasteiger partial charge in [-0.1, -0.05) is 101 Å². The van der Waals surface area contributed by atoms with Gasteiger partial charge in [-0.3, -0.25) is 0 Å². The van der Waals surface area contributed by atoms with E-state index in [9.17, 15) is 0 Å². The fraction of sp³-hybridized carbons (Fsp3) is 0.647. The summed E-state index contributed by atoms with van der Waals surface area (Å²) in [6.45, 7) is 7.08. The third-order valence-corrected chi connectivity index (χ3v) is 9.44. The molecule has 0 amide bonds. The first-order valence-corrected chi connectivity index (χ1v) is 14.9. The zero-order chi connectivity index (χ0) is 23.8. The van der Waals surface area contributed by atoms with E-state index in [1.54, 1.807) is 11.1 Å². The summed E-state index contributed by atoms with van der Waals surface area (Å²) in [5.41, 5.74) is 5.89. The van der Waals surface area contributed by atoms with Crippen LogP contribution >= 0.6 is 0 Å². The molecule has 2 saturated carbocycles. The van der Waals surface area contributed by atoms with Gasteiger partial charge in [-0.25, -0.2) is 0 Å². The van der Waals surface area contributed by atoms with Crippen LogP contribution in [0.4, 0.5) is 0 Å². The molecule has 186 valence electrons. The molecule has 1 unspecified atom stereocenters. The third-order valence-electron chi connectivity index (χ3n) is 9.44. The van der Waals surface area contributed by atoms with E-state index in [-0.39, 0.29) is 0 Å². The van der Waals surface area contributed by atoms with E-state index >= 15 is 0 Å². The summed E-state index contributed by atoms with van der Waals surface area (Å²) < 4.78 is 0. The lowest BCUT2D eigenvalue weighted by molar-refractivity contribution is 0.273. The molecule has 1 atom stereocenters. The second-order valence-electron chi connectivity index (χ2n) is 11.9. The smallest absolute Gasteiger partial charge is 0.0162 e. The van der Waals surface area contributed by atoms with E-state index in [1.165, 1.54) is 101 Å². The van der Waals surface area contributed by atoms with Crippen molar-refractivity contribution in [3.05, 3.63) is 59.7 Å². The molecule has 34 heavy (non-hydrogen) atoms. The summed E-state index contributed by atoms with van der Waals surface area (Å²) in [4.78, 5) is 0. The molecular weight excluding hydrogens is 408 g/mol. The van der Waals surface area contributed by atoms with Crippen LogP contribution in [0.3, 0.4) is 0 Å². The molecule has 2 aromatic rings. The minimum atomic E-state index is 0.779. The molecule has 0 heteroatoms. The summed E-state index contributed by atoms with van der Waals surface area (Å²) in [6, 6.07) is 19.2. The molecule has 2 aliphatic rings. The van der Waals surface area contributed by atoms with Gasteiger partial charge < -0.3 is 0 Å². The Morgan fingerprint density at radius 2 is 1.09 bits per heavy atom. The quantitative estimate of drug-likeness (QED) is 0.310. The first kappa shape index (κ1) is 25.5. The zero-order valence-corrected chi connectivity index (χ0v) is 22.4. The predicted octanol–water partition coefficient (Wildman–Crippen LogP) is 10.9. The number of benzene rings is 2. The maximum absolute atomic E-state index is 2.43. The molecular formula is C34H50. The minimum absolute atomic E-state index is 0.779. The highest BCUT2D eigenvalue weighted by molar-refractivity contribution is 5.64. The Balaban J connectivity index is 1.27.